The van der Waals surface area contributed by atoms with Crippen LogP contribution in [0.1, 0.15) is 62.6 Å². The van der Waals surface area contributed by atoms with Crippen LogP contribution in [0.3, 0.4) is 0 Å². The molecule has 0 saturated heterocycles. The molecule has 0 aliphatic carbocycles. The quantitative estimate of drug-likeness (QED) is 0.485. The fourth-order valence-corrected chi connectivity index (χ4v) is 2.58. The van der Waals surface area contributed by atoms with Gasteiger partial charge in [0.05, 0.1) is 5.69 Å². The van der Waals surface area contributed by atoms with Crippen LogP contribution in [0.25, 0.3) is 0 Å². The van der Waals surface area contributed by atoms with E-state index in [0.717, 1.165) is 42.8 Å². The molecule has 3 radical (unpaired) electrons. The zero-order valence-corrected chi connectivity index (χ0v) is 15.0. The van der Waals surface area contributed by atoms with Gasteiger partial charge < -0.3 is 15.1 Å². The number of unbranched alkanes of at least 4 members (excludes halogenated alkanes) is 7. The molecule has 0 aliphatic heterocycles. The van der Waals surface area contributed by atoms with Crippen molar-refractivity contribution in [3.05, 3.63) is 17.3 Å². The van der Waals surface area contributed by atoms with E-state index in [1.807, 2.05) is 32.0 Å². The van der Waals surface area contributed by atoms with Gasteiger partial charge in [-0.05, 0) is 37.8 Å². The first-order chi connectivity index (χ1) is 10.6. The maximum Gasteiger partial charge on any atom is 0.140 e. The molecule has 2 N–H and O–H groups in total. The lowest BCUT2D eigenvalue weighted by Crippen LogP contribution is -2.12. The Morgan fingerprint density at radius 1 is 0.957 bits per heavy atom. The maximum atomic E-state index is 10.1. The van der Waals surface area contributed by atoms with Gasteiger partial charge in [0.2, 0.25) is 0 Å². The number of hydrogen-bond donors (Lipinski definition) is 2. The molecular weight excluding hydrogens is 287 g/mol. The summed E-state index contributed by atoms with van der Waals surface area (Å²) in [7, 11) is 3.94. The predicted molar refractivity (Wildman–Crippen MR) is 98.4 cm³/mol. The van der Waals surface area contributed by atoms with E-state index in [1.54, 1.807) is 0 Å². The minimum Gasteiger partial charge on any atom is -0.506 e. The molecule has 0 atom stereocenters. The molecule has 0 amide bonds. The van der Waals surface area contributed by atoms with Gasteiger partial charge in [0.1, 0.15) is 11.6 Å². The molecule has 129 valence electrons. The summed E-state index contributed by atoms with van der Waals surface area (Å²) < 4.78 is 0. The van der Waals surface area contributed by atoms with Gasteiger partial charge in [0.15, 0.2) is 0 Å². The van der Waals surface area contributed by atoms with Crippen LogP contribution in [-0.4, -0.2) is 44.3 Å². The molecule has 23 heavy (non-hydrogen) atoms. The third kappa shape index (κ3) is 8.26. The highest BCUT2D eigenvalue weighted by molar-refractivity contribution is 5.75. The van der Waals surface area contributed by atoms with Crippen LogP contribution in [0.5, 0.6) is 5.75 Å². The number of hydrogen-bond acceptors (Lipinski definition) is 4. The van der Waals surface area contributed by atoms with Crippen LogP contribution in [0.2, 0.25) is 0 Å². The van der Waals surface area contributed by atoms with Crippen molar-refractivity contribution >= 4 is 14.2 Å². The molecule has 0 fully saturated rings. The molecule has 1 rings (SSSR count). The SMILES string of the molecule is Cc1cc(N(C)C)nc(CCCCCCCCCCO)c1O.[B]. The van der Waals surface area contributed by atoms with E-state index in [2.05, 4.69) is 4.98 Å². The van der Waals surface area contributed by atoms with E-state index in [1.165, 1.54) is 32.1 Å². The fraction of sp³-hybridized carbons (Fsp3) is 0.722. The van der Waals surface area contributed by atoms with Crippen LogP contribution in [0.4, 0.5) is 5.82 Å². The van der Waals surface area contributed by atoms with Crippen molar-refractivity contribution in [1.82, 2.24) is 4.98 Å². The smallest absolute Gasteiger partial charge is 0.140 e. The number of aliphatic hydroxyl groups is 1. The maximum absolute atomic E-state index is 10.1. The highest BCUT2D eigenvalue weighted by atomic mass is 16.3. The largest absolute Gasteiger partial charge is 0.506 e. The average molecular weight is 319 g/mol. The zero-order valence-electron chi connectivity index (χ0n) is 15.0. The van der Waals surface area contributed by atoms with Crippen molar-refractivity contribution in [2.24, 2.45) is 0 Å². The standard InChI is InChI=1S/C18H32N2O2.B/c1-15-14-17(20(2)3)19-16(18(15)22)12-10-8-6-4-5-7-9-11-13-21;/h14,21-22H,4-13H2,1-3H3;. The summed E-state index contributed by atoms with van der Waals surface area (Å²) in [5.74, 6) is 1.27. The Morgan fingerprint density at radius 2 is 1.48 bits per heavy atom. The van der Waals surface area contributed by atoms with Gasteiger partial charge in [0, 0.05) is 29.1 Å². The molecule has 0 spiro atoms. The number of pyridine rings is 1. The van der Waals surface area contributed by atoms with E-state index >= 15 is 0 Å². The van der Waals surface area contributed by atoms with Gasteiger partial charge in [-0.1, -0.05) is 38.5 Å². The Kier molecular flexibility index (Phi) is 11.6. The number of aryl methyl sites for hydroxylation is 2. The van der Waals surface area contributed by atoms with Crippen molar-refractivity contribution in [3.8, 4) is 5.75 Å². The van der Waals surface area contributed by atoms with Gasteiger partial charge in [-0.25, -0.2) is 4.98 Å². The summed E-state index contributed by atoms with van der Waals surface area (Å²) in [6, 6.07) is 1.92. The molecule has 0 bridgehead atoms. The summed E-state index contributed by atoms with van der Waals surface area (Å²) in [4.78, 5) is 6.53. The van der Waals surface area contributed by atoms with Crippen molar-refractivity contribution < 1.29 is 10.2 Å². The van der Waals surface area contributed by atoms with E-state index in [-0.39, 0.29) is 8.41 Å². The summed E-state index contributed by atoms with van der Waals surface area (Å²) in [6.07, 6.45) is 10.2. The molecule has 1 aromatic rings. The fourth-order valence-electron chi connectivity index (χ4n) is 2.58. The second-order valence-corrected chi connectivity index (χ2v) is 6.29. The molecule has 0 aromatic carbocycles. The van der Waals surface area contributed by atoms with Crippen molar-refractivity contribution in [1.29, 1.82) is 0 Å². The van der Waals surface area contributed by atoms with Gasteiger partial charge in [-0.3, -0.25) is 0 Å². The van der Waals surface area contributed by atoms with Gasteiger partial charge in [-0.2, -0.15) is 0 Å². The second-order valence-electron chi connectivity index (χ2n) is 6.29. The summed E-state index contributed by atoms with van der Waals surface area (Å²) in [6.45, 7) is 2.25. The summed E-state index contributed by atoms with van der Waals surface area (Å²) in [5, 5.41) is 18.8. The lowest BCUT2D eigenvalue weighted by atomic mass is 10.0. The molecular formula is C18H32BN2O2. The van der Waals surface area contributed by atoms with Crippen molar-refractivity contribution in [2.75, 3.05) is 25.6 Å². The van der Waals surface area contributed by atoms with Gasteiger partial charge in [-0.15, -0.1) is 0 Å². The van der Waals surface area contributed by atoms with E-state index < -0.39 is 0 Å². The zero-order chi connectivity index (χ0) is 16.4. The van der Waals surface area contributed by atoms with Gasteiger partial charge >= 0.3 is 0 Å². The number of aliphatic hydroxyl groups excluding tert-OH is 1. The van der Waals surface area contributed by atoms with Crippen LogP contribution >= 0.6 is 0 Å². The number of rotatable bonds is 11. The molecule has 0 unspecified atom stereocenters. The van der Waals surface area contributed by atoms with E-state index in [4.69, 9.17) is 5.11 Å². The van der Waals surface area contributed by atoms with Crippen molar-refractivity contribution in [2.45, 2.75) is 64.7 Å². The normalized spacial score (nSPS) is 10.4. The number of anilines is 1. The van der Waals surface area contributed by atoms with Crippen LogP contribution in [0, 0.1) is 6.92 Å². The Balaban J connectivity index is 0.00000484. The minimum atomic E-state index is 0. The van der Waals surface area contributed by atoms with Crippen molar-refractivity contribution in [3.63, 3.8) is 0 Å². The van der Waals surface area contributed by atoms with E-state index in [9.17, 15) is 5.11 Å². The van der Waals surface area contributed by atoms with Crippen LogP contribution in [-0.2, 0) is 6.42 Å². The lowest BCUT2D eigenvalue weighted by Gasteiger charge is -2.15. The first-order valence-electron chi connectivity index (χ1n) is 8.54. The highest BCUT2D eigenvalue weighted by Gasteiger charge is 2.09. The second kappa shape index (κ2) is 12.2. The number of nitrogens with zero attached hydrogens (tertiary/aromatic N) is 2. The molecule has 1 heterocycles. The monoisotopic (exact) mass is 319 g/mol. The first kappa shape index (κ1) is 21.8. The Morgan fingerprint density at radius 3 is 2.00 bits per heavy atom. The number of aromatic hydroxyl groups is 1. The lowest BCUT2D eigenvalue weighted by molar-refractivity contribution is 0.282. The molecule has 0 aliphatic rings. The topological polar surface area (TPSA) is 56.6 Å². The third-order valence-electron chi connectivity index (χ3n) is 4.02. The third-order valence-corrected chi connectivity index (χ3v) is 4.02. The van der Waals surface area contributed by atoms with Crippen LogP contribution < -0.4 is 4.90 Å². The van der Waals surface area contributed by atoms with Gasteiger partial charge in [0.25, 0.3) is 0 Å². The van der Waals surface area contributed by atoms with Crippen LogP contribution in [0.15, 0.2) is 6.07 Å². The average Bonchev–Trinajstić information content (AvgIpc) is 2.49. The first-order valence-corrected chi connectivity index (χ1v) is 8.54. The summed E-state index contributed by atoms with van der Waals surface area (Å²) >= 11 is 0. The summed E-state index contributed by atoms with van der Waals surface area (Å²) in [5.41, 5.74) is 1.73. The predicted octanol–water partition coefficient (Wildman–Crippen LogP) is 3.44. The number of aromatic nitrogens is 1. The van der Waals surface area contributed by atoms with E-state index in [0.29, 0.717) is 12.4 Å². The molecule has 5 heteroatoms. The molecule has 0 saturated carbocycles. The highest BCUT2D eigenvalue weighted by Crippen LogP contribution is 2.26. The Hall–Kier alpha value is -1.23. The molecule has 4 nitrogen and oxygen atoms in total. The Labute approximate surface area is 143 Å². The Bertz CT molecular complexity index is 439. The molecule has 1 aromatic heterocycles. The minimum absolute atomic E-state index is 0.